The third kappa shape index (κ3) is 4.03. The van der Waals surface area contributed by atoms with E-state index in [4.69, 9.17) is 9.47 Å². The Balaban J connectivity index is 1.67. The second-order valence-corrected chi connectivity index (χ2v) is 8.29. The van der Waals surface area contributed by atoms with Gasteiger partial charge in [0, 0.05) is 31.7 Å². The smallest absolute Gasteiger partial charge is 0.264 e. The first kappa shape index (κ1) is 18.5. The SMILES string of the molecule is CC1CN(C(=O)c2cc(-c3ccccc3)c(N3CCOCC3)s2)CC(C)O1. The number of ether oxygens (including phenoxy) is 2. The molecule has 2 aliphatic heterocycles. The molecule has 2 unspecified atom stereocenters. The molecule has 0 bridgehead atoms. The summed E-state index contributed by atoms with van der Waals surface area (Å²) in [6, 6.07) is 12.4. The Kier molecular flexibility index (Phi) is 5.48. The number of benzene rings is 1. The average Bonchev–Trinajstić information content (AvgIpc) is 3.13. The van der Waals surface area contributed by atoms with Crippen molar-refractivity contribution in [2.24, 2.45) is 0 Å². The van der Waals surface area contributed by atoms with Crippen molar-refractivity contribution in [2.75, 3.05) is 44.3 Å². The number of carbonyl (C=O) groups excluding carboxylic acids is 1. The quantitative estimate of drug-likeness (QED) is 0.810. The van der Waals surface area contributed by atoms with Crippen LogP contribution in [0.5, 0.6) is 0 Å². The first-order valence-electron chi connectivity index (χ1n) is 9.58. The molecule has 27 heavy (non-hydrogen) atoms. The van der Waals surface area contributed by atoms with Crippen LogP contribution in [0.3, 0.4) is 0 Å². The molecule has 2 saturated heterocycles. The van der Waals surface area contributed by atoms with Gasteiger partial charge in [0.15, 0.2) is 0 Å². The van der Waals surface area contributed by atoms with Gasteiger partial charge in [-0.2, -0.15) is 0 Å². The van der Waals surface area contributed by atoms with E-state index < -0.39 is 0 Å². The fourth-order valence-corrected chi connectivity index (χ4v) is 5.01. The van der Waals surface area contributed by atoms with Gasteiger partial charge >= 0.3 is 0 Å². The van der Waals surface area contributed by atoms with Gasteiger partial charge in [-0.3, -0.25) is 4.79 Å². The molecular weight excluding hydrogens is 360 g/mol. The molecule has 1 amide bonds. The maximum Gasteiger partial charge on any atom is 0.264 e. The van der Waals surface area contributed by atoms with E-state index in [1.54, 1.807) is 11.3 Å². The Morgan fingerprint density at radius 3 is 2.41 bits per heavy atom. The summed E-state index contributed by atoms with van der Waals surface area (Å²) in [6.07, 6.45) is 0.148. The highest BCUT2D eigenvalue weighted by molar-refractivity contribution is 7.18. The minimum Gasteiger partial charge on any atom is -0.378 e. The van der Waals surface area contributed by atoms with Crippen LogP contribution in [0.2, 0.25) is 0 Å². The van der Waals surface area contributed by atoms with Crippen LogP contribution in [0.4, 0.5) is 5.00 Å². The zero-order valence-corrected chi connectivity index (χ0v) is 16.7. The van der Waals surface area contributed by atoms with Gasteiger partial charge in [-0.15, -0.1) is 11.3 Å². The van der Waals surface area contributed by atoms with Crippen molar-refractivity contribution >= 4 is 22.2 Å². The molecule has 1 aromatic heterocycles. The number of anilines is 1. The number of hydrogen-bond acceptors (Lipinski definition) is 5. The number of thiophene rings is 1. The molecule has 144 valence electrons. The Labute approximate surface area is 164 Å². The monoisotopic (exact) mass is 386 g/mol. The van der Waals surface area contributed by atoms with Crippen molar-refractivity contribution in [3.63, 3.8) is 0 Å². The summed E-state index contributed by atoms with van der Waals surface area (Å²) in [6.45, 7) is 8.53. The zero-order valence-electron chi connectivity index (χ0n) is 15.9. The molecule has 0 aliphatic carbocycles. The second-order valence-electron chi connectivity index (χ2n) is 7.26. The van der Waals surface area contributed by atoms with Crippen molar-refractivity contribution < 1.29 is 14.3 Å². The molecular formula is C21H26N2O3S. The number of carbonyl (C=O) groups is 1. The molecule has 5 nitrogen and oxygen atoms in total. The molecule has 1 aromatic carbocycles. The Bertz CT molecular complexity index is 776. The van der Waals surface area contributed by atoms with Crippen LogP contribution < -0.4 is 4.90 Å². The molecule has 0 N–H and O–H groups in total. The Hall–Kier alpha value is -1.89. The highest BCUT2D eigenvalue weighted by Crippen LogP contribution is 2.40. The van der Waals surface area contributed by atoms with Gasteiger partial charge in [0.1, 0.15) is 0 Å². The number of hydrogen-bond donors (Lipinski definition) is 0. The second kappa shape index (κ2) is 8.00. The van der Waals surface area contributed by atoms with E-state index in [0.717, 1.165) is 42.3 Å². The van der Waals surface area contributed by atoms with E-state index >= 15 is 0 Å². The van der Waals surface area contributed by atoms with Crippen LogP contribution in [0.1, 0.15) is 23.5 Å². The maximum atomic E-state index is 13.2. The van der Waals surface area contributed by atoms with Crippen LogP contribution in [0, 0.1) is 0 Å². The highest BCUT2D eigenvalue weighted by atomic mass is 32.1. The average molecular weight is 387 g/mol. The topological polar surface area (TPSA) is 42.0 Å². The maximum absolute atomic E-state index is 13.2. The minimum atomic E-state index is 0.0740. The summed E-state index contributed by atoms with van der Waals surface area (Å²) in [5.74, 6) is 0.110. The van der Waals surface area contributed by atoms with Gasteiger partial charge in [-0.1, -0.05) is 30.3 Å². The Morgan fingerprint density at radius 1 is 1.07 bits per heavy atom. The number of morpholine rings is 2. The molecule has 6 heteroatoms. The van der Waals surface area contributed by atoms with Gasteiger partial charge < -0.3 is 19.3 Å². The third-order valence-corrected chi connectivity index (χ3v) is 6.20. The molecule has 2 fully saturated rings. The van der Waals surface area contributed by atoms with Crippen molar-refractivity contribution in [1.82, 2.24) is 4.90 Å². The van der Waals surface area contributed by atoms with Crippen LogP contribution in [0.25, 0.3) is 11.1 Å². The molecule has 2 aromatic rings. The first-order valence-corrected chi connectivity index (χ1v) is 10.4. The molecule has 4 rings (SSSR count). The van der Waals surface area contributed by atoms with E-state index in [2.05, 4.69) is 23.1 Å². The summed E-state index contributed by atoms with van der Waals surface area (Å²) in [5, 5.41) is 1.17. The van der Waals surface area contributed by atoms with Crippen LogP contribution >= 0.6 is 11.3 Å². The number of nitrogens with zero attached hydrogens (tertiary/aromatic N) is 2. The fourth-order valence-electron chi connectivity index (χ4n) is 3.81. The minimum absolute atomic E-state index is 0.0740. The fraction of sp³-hybridized carbons (Fsp3) is 0.476. The molecule has 0 radical (unpaired) electrons. The Morgan fingerprint density at radius 2 is 1.74 bits per heavy atom. The van der Waals surface area contributed by atoms with Crippen molar-refractivity contribution in [1.29, 1.82) is 0 Å². The van der Waals surface area contributed by atoms with E-state index in [9.17, 15) is 4.79 Å². The summed E-state index contributed by atoms with van der Waals surface area (Å²) < 4.78 is 11.3. The first-order chi connectivity index (χ1) is 13.1. The van der Waals surface area contributed by atoms with Gasteiger partial charge in [-0.25, -0.2) is 0 Å². The summed E-state index contributed by atoms with van der Waals surface area (Å²) in [4.78, 5) is 18.3. The molecule has 0 saturated carbocycles. The van der Waals surface area contributed by atoms with Crippen molar-refractivity contribution in [3.8, 4) is 11.1 Å². The lowest BCUT2D eigenvalue weighted by atomic mass is 10.1. The number of amides is 1. The molecule has 2 aliphatic rings. The summed E-state index contributed by atoms with van der Waals surface area (Å²) in [7, 11) is 0. The largest absolute Gasteiger partial charge is 0.378 e. The predicted molar refractivity (Wildman–Crippen MR) is 109 cm³/mol. The van der Waals surface area contributed by atoms with Gasteiger partial charge in [0.2, 0.25) is 0 Å². The lowest BCUT2D eigenvalue weighted by Crippen LogP contribution is -2.48. The predicted octanol–water partition coefficient (Wildman–Crippen LogP) is 3.50. The van der Waals surface area contributed by atoms with Gasteiger partial charge in [0.05, 0.1) is 35.3 Å². The molecule has 2 atom stereocenters. The van der Waals surface area contributed by atoms with Crippen molar-refractivity contribution in [3.05, 3.63) is 41.3 Å². The van der Waals surface area contributed by atoms with E-state index in [1.807, 2.05) is 36.9 Å². The normalized spacial score (nSPS) is 23.5. The number of rotatable bonds is 3. The summed E-state index contributed by atoms with van der Waals surface area (Å²) >= 11 is 1.60. The van der Waals surface area contributed by atoms with Gasteiger partial charge in [-0.05, 0) is 25.5 Å². The molecule has 3 heterocycles. The third-order valence-electron chi connectivity index (χ3n) is 5.01. The summed E-state index contributed by atoms with van der Waals surface area (Å²) in [5.41, 5.74) is 2.29. The van der Waals surface area contributed by atoms with Crippen molar-refractivity contribution in [2.45, 2.75) is 26.1 Å². The van der Waals surface area contributed by atoms with Crippen LogP contribution in [0.15, 0.2) is 36.4 Å². The van der Waals surface area contributed by atoms with E-state index in [-0.39, 0.29) is 18.1 Å². The van der Waals surface area contributed by atoms with E-state index in [0.29, 0.717) is 13.1 Å². The van der Waals surface area contributed by atoms with E-state index in [1.165, 1.54) is 5.00 Å². The van der Waals surface area contributed by atoms with Crippen LogP contribution in [-0.4, -0.2) is 62.4 Å². The molecule has 0 spiro atoms. The zero-order chi connectivity index (χ0) is 18.8. The van der Waals surface area contributed by atoms with Gasteiger partial charge in [0.25, 0.3) is 5.91 Å². The standard InChI is InChI=1S/C21H26N2O3S/c1-15-13-23(14-16(2)26-15)20(24)19-12-18(17-6-4-3-5-7-17)21(27-19)22-8-10-25-11-9-22/h3-7,12,15-16H,8-11,13-14H2,1-2H3. The lowest BCUT2D eigenvalue weighted by molar-refractivity contribution is -0.0585. The lowest BCUT2D eigenvalue weighted by Gasteiger charge is -2.35. The highest BCUT2D eigenvalue weighted by Gasteiger charge is 2.29. The van der Waals surface area contributed by atoms with Crippen LogP contribution in [-0.2, 0) is 9.47 Å².